The van der Waals surface area contributed by atoms with Gasteiger partial charge in [-0.15, -0.1) is 36.2 Å². The van der Waals surface area contributed by atoms with Crippen molar-refractivity contribution >= 4 is 58.9 Å². The number of nitrogens with one attached hydrogen (secondary N) is 1. The minimum Gasteiger partial charge on any atom is -0.450 e. The molecule has 0 fully saturated rings. The Hall–Kier alpha value is -2.46. The van der Waals surface area contributed by atoms with Crippen LogP contribution in [0, 0.1) is 18.6 Å². The van der Waals surface area contributed by atoms with Crippen LogP contribution >= 0.6 is 47.9 Å². The fraction of sp³-hybridized carbons (Fsp3) is 0.0500. The van der Waals surface area contributed by atoms with E-state index >= 15 is 0 Å². The second kappa shape index (κ2) is 11.2. The number of para-hydroxylation sites is 1. The number of thiazole rings is 1. The molecule has 0 aliphatic rings. The van der Waals surface area contributed by atoms with Crippen molar-refractivity contribution in [1.82, 2.24) is 15.0 Å². The van der Waals surface area contributed by atoms with E-state index in [2.05, 4.69) is 20.3 Å². The number of nitrogens with zero attached hydrogens (tertiary/aromatic N) is 3. The van der Waals surface area contributed by atoms with Crippen molar-refractivity contribution in [2.45, 2.75) is 16.8 Å². The molecule has 0 radical (unpaired) electrons. The van der Waals surface area contributed by atoms with E-state index in [0.717, 1.165) is 17.8 Å². The average Bonchev–Trinajstić information content (AvgIpc) is 3.12. The highest BCUT2D eigenvalue weighted by Gasteiger charge is 2.16. The molecule has 31 heavy (non-hydrogen) atoms. The van der Waals surface area contributed by atoms with Gasteiger partial charge in [0, 0.05) is 23.8 Å². The van der Waals surface area contributed by atoms with E-state index in [4.69, 9.17) is 4.74 Å². The molecular weight excluding hydrogens is 485 g/mol. The molecule has 0 bridgehead atoms. The molecule has 3 aromatic heterocycles. The fourth-order valence-corrected chi connectivity index (χ4v) is 3.87. The number of anilines is 2. The summed E-state index contributed by atoms with van der Waals surface area (Å²) in [5.74, 6) is -1.37. The van der Waals surface area contributed by atoms with E-state index < -0.39 is 17.4 Å². The van der Waals surface area contributed by atoms with E-state index in [-0.39, 0.29) is 30.6 Å². The van der Waals surface area contributed by atoms with Crippen LogP contribution in [0.25, 0.3) is 0 Å². The molecule has 0 saturated heterocycles. The number of pyridine rings is 2. The molecule has 0 aliphatic carbocycles. The van der Waals surface area contributed by atoms with Crippen molar-refractivity contribution in [2.75, 3.05) is 5.32 Å². The first-order valence-electron chi connectivity index (χ1n) is 8.48. The molecule has 0 unspecified atom stereocenters. The topological polar surface area (TPSA) is 59.9 Å². The van der Waals surface area contributed by atoms with Gasteiger partial charge < -0.3 is 10.1 Å². The van der Waals surface area contributed by atoms with Gasteiger partial charge in [0.1, 0.15) is 16.6 Å². The van der Waals surface area contributed by atoms with Crippen LogP contribution in [-0.4, -0.2) is 15.0 Å². The Bertz CT molecular complexity index is 1130. The normalized spacial score (nSPS) is 10.0. The highest BCUT2D eigenvalue weighted by molar-refractivity contribution is 7.99. The molecule has 1 aromatic carbocycles. The third-order valence-electron chi connectivity index (χ3n) is 3.67. The molecule has 3 heterocycles. The minimum absolute atomic E-state index is 0. The second-order valence-corrected chi connectivity index (χ2v) is 7.78. The van der Waals surface area contributed by atoms with Crippen LogP contribution < -0.4 is 10.1 Å². The van der Waals surface area contributed by atoms with Crippen molar-refractivity contribution < 1.29 is 13.5 Å². The molecule has 5 nitrogen and oxygen atoms in total. The van der Waals surface area contributed by atoms with Gasteiger partial charge in [-0.1, -0.05) is 23.9 Å². The van der Waals surface area contributed by atoms with Gasteiger partial charge in [-0.2, -0.15) is 0 Å². The number of hydrogen-bond donors (Lipinski definition) is 1. The molecule has 0 spiro atoms. The zero-order valence-corrected chi connectivity index (χ0v) is 19.2. The Balaban J connectivity index is 0.00000171. The minimum atomic E-state index is -0.791. The van der Waals surface area contributed by atoms with Gasteiger partial charge in [0.25, 0.3) is 0 Å². The smallest absolute Gasteiger partial charge is 0.198 e. The first-order chi connectivity index (χ1) is 14.1. The quantitative estimate of drug-likeness (QED) is 0.306. The van der Waals surface area contributed by atoms with Gasteiger partial charge in [-0.3, -0.25) is 0 Å². The number of halogens is 4. The first-order valence-corrected chi connectivity index (χ1v) is 10.2. The molecule has 0 atom stereocenters. The number of benzene rings is 1. The van der Waals surface area contributed by atoms with Crippen LogP contribution in [0.5, 0.6) is 11.5 Å². The Morgan fingerprint density at radius 2 is 1.81 bits per heavy atom. The summed E-state index contributed by atoms with van der Waals surface area (Å²) in [5, 5.41) is 6.33. The SMILES string of the molecule is Cc1csc(Nc2cc(Oc3c(F)cccc3F)c(Sc3ccccn3)cn2)n1.Cl.Cl. The van der Waals surface area contributed by atoms with E-state index in [9.17, 15) is 8.78 Å². The van der Waals surface area contributed by atoms with E-state index in [1.165, 1.54) is 29.2 Å². The molecule has 4 rings (SSSR count). The van der Waals surface area contributed by atoms with Crippen molar-refractivity contribution in [3.63, 3.8) is 0 Å². The number of aromatic nitrogens is 3. The van der Waals surface area contributed by atoms with Gasteiger partial charge in [-0.05, 0) is 31.2 Å². The van der Waals surface area contributed by atoms with Crippen molar-refractivity contribution in [2.24, 2.45) is 0 Å². The lowest BCUT2D eigenvalue weighted by Gasteiger charge is -2.13. The van der Waals surface area contributed by atoms with Crippen molar-refractivity contribution in [1.29, 1.82) is 0 Å². The van der Waals surface area contributed by atoms with Gasteiger partial charge in [0.2, 0.25) is 0 Å². The lowest BCUT2D eigenvalue weighted by atomic mass is 10.3. The third-order valence-corrected chi connectivity index (χ3v) is 5.52. The van der Waals surface area contributed by atoms with Gasteiger partial charge >= 0.3 is 0 Å². The van der Waals surface area contributed by atoms with Crippen molar-refractivity contribution in [3.8, 4) is 11.5 Å². The molecule has 11 heteroatoms. The molecule has 162 valence electrons. The van der Waals surface area contributed by atoms with Gasteiger partial charge in [0.05, 0.1) is 10.6 Å². The van der Waals surface area contributed by atoms with Crippen LogP contribution in [-0.2, 0) is 0 Å². The predicted octanol–water partition coefficient (Wildman–Crippen LogP) is 7.05. The lowest BCUT2D eigenvalue weighted by Crippen LogP contribution is -1.98. The summed E-state index contributed by atoms with van der Waals surface area (Å²) in [6, 6.07) is 10.6. The number of aryl methyl sites for hydroxylation is 1. The number of hydrogen-bond acceptors (Lipinski definition) is 7. The van der Waals surface area contributed by atoms with Crippen LogP contribution in [0.2, 0.25) is 0 Å². The van der Waals surface area contributed by atoms with Crippen LogP contribution in [0.1, 0.15) is 5.69 Å². The Morgan fingerprint density at radius 3 is 2.45 bits per heavy atom. The zero-order chi connectivity index (χ0) is 20.2. The molecule has 0 saturated carbocycles. The Morgan fingerprint density at radius 1 is 1.03 bits per heavy atom. The Kier molecular flexibility index (Phi) is 9.00. The molecule has 4 aromatic rings. The maximum absolute atomic E-state index is 14.1. The highest BCUT2D eigenvalue weighted by atomic mass is 35.5. The molecule has 0 amide bonds. The summed E-state index contributed by atoms with van der Waals surface area (Å²) in [6.07, 6.45) is 3.23. The summed E-state index contributed by atoms with van der Waals surface area (Å²) in [7, 11) is 0. The zero-order valence-electron chi connectivity index (χ0n) is 15.9. The van der Waals surface area contributed by atoms with E-state index in [1.807, 2.05) is 24.4 Å². The lowest BCUT2D eigenvalue weighted by molar-refractivity contribution is 0.400. The van der Waals surface area contributed by atoms with Crippen LogP contribution in [0.15, 0.2) is 70.2 Å². The first kappa shape index (κ1) is 24.8. The predicted molar refractivity (Wildman–Crippen MR) is 124 cm³/mol. The number of rotatable bonds is 6. The second-order valence-electron chi connectivity index (χ2n) is 5.86. The third kappa shape index (κ3) is 6.27. The van der Waals surface area contributed by atoms with Gasteiger partial charge in [0.15, 0.2) is 22.5 Å². The maximum atomic E-state index is 14.1. The summed E-state index contributed by atoms with van der Waals surface area (Å²) in [6.45, 7) is 1.89. The summed E-state index contributed by atoms with van der Waals surface area (Å²) < 4.78 is 33.9. The fourth-order valence-electron chi connectivity index (χ4n) is 2.38. The number of ether oxygens (including phenoxy) is 1. The van der Waals surface area contributed by atoms with Crippen LogP contribution in [0.4, 0.5) is 19.7 Å². The summed E-state index contributed by atoms with van der Waals surface area (Å²) in [4.78, 5) is 13.5. The van der Waals surface area contributed by atoms with E-state index in [0.29, 0.717) is 20.9 Å². The monoisotopic (exact) mass is 500 g/mol. The standard InChI is InChI=1S/C20H14F2N4OS2.2ClH/c1-12-11-28-20(25-12)26-17-9-15(27-19-13(21)5-4-6-14(19)22)16(10-24-17)29-18-7-2-3-8-23-18;;/h2-11H,1H3,(H,24,25,26);2*1H. The maximum Gasteiger partial charge on any atom is 0.198 e. The largest absolute Gasteiger partial charge is 0.450 e. The highest BCUT2D eigenvalue weighted by Crippen LogP contribution is 2.39. The summed E-state index contributed by atoms with van der Waals surface area (Å²) >= 11 is 2.71. The van der Waals surface area contributed by atoms with Crippen molar-refractivity contribution in [3.05, 3.63) is 77.6 Å². The summed E-state index contributed by atoms with van der Waals surface area (Å²) in [5.41, 5.74) is 0.879. The molecule has 0 aliphatic heterocycles. The Labute approximate surface area is 198 Å². The van der Waals surface area contributed by atoms with E-state index in [1.54, 1.807) is 24.5 Å². The molecule has 1 N–H and O–H groups in total. The molecular formula is C20H16Cl2F2N4OS2. The average molecular weight is 501 g/mol. The van der Waals surface area contributed by atoms with Crippen LogP contribution in [0.3, 0.4) is 0 Å². The van der Waals surface area contributed by atoms with Gasteiger partial charge in [-0.25, -0.2) is 23.7 Å².